The number of hydrogen-bond donors (Lipinski definition) is 2. The summed E-state index contributed by atoms with van der Waals surface area (Å²) in [6.45, 7) is 5.08. The number of benzene rings is 1. The minimum Gasteiger partial charge on any atom is -0.478 e. The van der Waals surface area contributed by atoms with Gasteiger partial charge in [-0.05, 0) is 43.0 Å². The Morgan fingerprint density at radius 1 is 1.26 bits per heavy atom. The number of anilines is 1. The van der Waals surface area contributed by atoms with Crippen LogP contribution in [0.1, 0.15) is 56.5 Å². The Balaban J connectivity index is 1.73. The number of aryl methyl sites for hydroxylation is 1. The van der Waals surface area contributed by atoms with Crippen molar-refractivity contribution in [3.05, 3.63) is 51.4 Å². The van der Waals surface area contributed by atoms with E-state index in [0.717, 1.165) is 29.0 Å². The van der Waals surface area contributed by atoms with E-state index >= 15 is 0 Å². The molecule has 0 unspecified atom stereocenters. The molecule has 1 aliphatic heterocycles. The van der Waals surface area contributed by atoms with Crippen LogP contribution in [-0.2, 0) is 17.8 Å². The van der Waals surface area contributed by atoms with E-state index in [-0.39, 0.29) is 17.4 Å². The normalized spacial score (nSPS) is 13.9. The first-order valence-corrected chi connectivity index (χ1v) is 9.76. The third kappa shape index (κ3) is 4.03. The molecular weight excluding hydrogens is 364 g/mol. The third-order valence-electron chi connectivity index (χ3n) is 4.76. The molecule has 0 radical (unpaired) electrons. The van der Waals surface area contributed by atoms with Crippen LogP contribution in [-0.4, -0.2) is 34.3 Å². The van der Waals surface area contributed by atoms with Gasteiger partial charge in [0.15, 0.2) is 0 Å². The van der Waals surface area contributed by atoms with Crippen molar-refractivity contribution < 1.29 is 19.5 Å². The number of thiophene rings is 1. The van der Waals surface area contributed by atoms with Crippen molar-refractivity contribution in [1.82, 2.24) is 4.90 Å². The number of amides is 2. The van der Waals surface area contributed by atoms with Crippen LogP contribution < -0.4 is 5.32 Å². The van der Waals surface area contributed by atoms with E-state index in [2.05, 4.69) is 5.32 Å². The van der Waals surface area contributed by atoms with Crippen molar-refractivity contribution in [2.45, 2.75) is 39.7 Å². The molecule has 3 rings (SSSR count). The summed E-state index contributed by atoms with van der Waals surface area (Å²) in [4.78, 5) is 38.6. The zero-order valence-corrected chi connectivity index (χ0v) is 16.2. The fourth-order valence-corrected chi connectivity index (χ4v) is 4.48. The number of nitrogens with one attached hydrogen (secondary N) is 1. The quantitative estimate of drug-likeness (QED) is 0.793. The minimum absolute atomic E-state index is 0.165. The maximum Gasteiger partial charge on any atom is 0.339 e. The molecule has 0 spiro atoms. The summed E-state index contributed by atoms with van der Waals surface area (Å²) in [6, 6.07) is 7.06. The summed E-state index contributed by atoms with van der Waals surface area (Å²) >= 11 is 1.28. The molecule has 0 atom stereocenters. The summed E-state index contributed by atoms with van der Waals surface area (Å²) in [6.07, 6.45) is 2.10. The fraction of sp³-hybridized carbons (Fsp3) is 0.350. The third-order valence-corrected chi connectivity index (χ3v) is 5.83. The summed E-state index contributed by atoms with van der Waals surface area (Å²) in [5, 5.41) is 12.6. The lowest BCUT2D eigenvalue weighted by Crippen LogP contribution is -2.23. The Labute approximate surface area is 161 Å². The minimum atomic E-state index is -1.03. The van der Waals surface area contributed by atoms with Gasteiger partial charge in [-0.2, -0.15) is 0 Å². The van der Waals surface area contributed by atoms with Gasteiger partial charge >= 0.3 is 5.97 Å². The lowest BCUT2D eigenvalue weighted by molar-refractivity contribution is -0.128. The fourth-order valence-electron chi connectivity index (χ4n) is 3.35. The van der Waals surface area contributed by atoms with Gasteiger partial charge in [0.1, 0.15) is 5.00 Å². The molecule has 1 aromatic carbocycles. The zero-order valence-electron chi connectivity index (χ0n) is 15.4. The predicted molar refractivity (Wildman–Crippen MR) is 104 cm³/mol. The number of rotatable bonds is 6. The molecule has 27 heavy (non-hydrogen) atoms. The van der Waals surface area contributed by atoms with Crippen molar-refractivity contribution >= 4 is 34.1 Å². The van der Waals surface area contributed by atoms with Gasteiger partial charge in [0.25, 0.3) is 5.91 Å². The smallest absolute Gasteiger partial charge is 0.339 e. The summed E-state index contributed by atoms with van der Waals surface area (Å²) in [7, 11) is 0. The number of carboxylic acids is 1. The molecule has 0 bridgehead atoms. The predicted octanol–water partition coefficient (Wildman–Crippen LogP) is 3.69. The standard InChI is InChI=1S/C20H22N2O4S/c1-3-15-12(2)27-19(17(15)20(25)26)21-18(24)14-8-6-13(7-9-14)11-22-10-4-5-16(22)23/h6-9H,3-5,10-11H2,1-2H3,(H,21,24)(H,25,26). The molecule has 0 aliphatic carbocycles. The average Bonchev–Trinajstić information content (AvgIpc) is 3.18. The van der Waals surface area contributed by atoms with Crippen molar-refractivity contribution in [1.29, 1.82) is 0 Å². The Morgan fingerprint density at radius 3 is 2.52 bits per heavy atom. The second-order valence-corrected chi connectivity index (χ2v) is 7.79. The van der Waals surface area contributed by atoms with E-state index in [1.807, 2.05) is 30.9 Å². The lowest BCUT2D eigenvalue weighted by atomic mass is 10.1. The Hall–Kier alpha value is -2.67. The van der Waals surface area contributed by atoms with E-state index in [0.29, 0.717) is 30.0 Å². The lowest BCUT2D eigenvalue weighted by Gasteiger charge is -2.15. The van der Waals surface area contributed by atoms with Gasteiger partial charge in [-0.3, -0.25) is 9.59 Å². The van der Waals surface area contributed by atoms with Gasteiger partial charge in [0, 0.05) is 30.0 Å². The van der Waals surface area contributed by atoms with Gasteiger partial charge in [-0.1, -0.05) is 19.1 Å². The molecule has 1 fully saturated rings. The zero-order chi connectivity index (χ0) is 19.6. The number of likely N-dealkylation sites (tertiary alicyclic amines) is 1. The molecule has 2 heterocycles. The monoisotopic (exact) mass is 386 g/mol. The topological polar surface area (TPSA) is 86.7 Å². The first-order valence-electron chi connectivity index (χ1n) is 8.94. The number of carbonyl (C=O) groups is 3. The molecular formula is C20H22N2O4S. The van der Waals surface area contributed by atoms with Crippen LogP contribution >= 0.6 is 11.3 Å². The summed E-state index contributed by atoms with van der Waals surface area (Å²) < 4.78 is 0. The number of carboxylic acid groups (broad SMARTS) is 1. The van der Waals surface area contributed by atoms with Crippen LogP contribution in [0.25, 0.3) is 0 Å². The van der Waals surface area contributed by atoms with E-state index in [4.69, 9.17) is 0 Å². The maximum absolute atomic E-state index is 12.5. The van der Waals surface area contributed by atoms with Gasteiger partial charge in [0.2, 0.25) is 5.91 Å². The largest absolute Gasteiger partial charge is 0.478 e. The van der Waals surface area contributed by atoms with Crippen LogP contribution in [0.4, 0.5) is 5.00 Å². The summed E-state index contributed by atoms with van der Waals surface area (Å²) in [5.74, 6) is -1.21. The van der Waals surface area contributed by atoms with Gasteiger partial charge in [0.05, 0.1) is 5.56 Å². The van der Waals surface area contributed by atoms with Crippen molar-refractivity contribution in [2.24, 2.45) is 0 Å². The molecule has 1 saturated heterocycles. The van der Waals surface area contributed by atoms with Crippen LogP contribution in [0.3, 0.4) is 0 Å². The van der Waals surface area contributed by atoms with Crippen LogP contribution in [0.15, 0.2) is 24.3 Å². The van der Waals surface area contributed by atoms with Gasteiger partial charge in [-0.25, -0.2) is 4.79 Å². The van der Waals surface area contributed by atoms with Crippen LogP contribution in [0.5, 0.6) is 0 Å². The number of carbonyl (C=O) groups excluding carboxylic acids is 2. The number of hydrogen-bond acceptors (Lipinski definition) is 4. The molecule has 142 valence electrons. The van der Waals surface area contributed by atoms with Crippen LogP contribution in [0, 0.1) is 6.92 Å². The molecule has 2 amide bonds. The molecule has 1 aromatic heterocycles. The first-order chi connectivity index (χ1) is 12.9. The summed E-state index contributed by atoms with van der Waals surface area (Å²) in [5.41, 5.74) is 2.35. The highest BCUT2D eigenvalue weighted by Gasteiger charge is 2.23. The van der Waals surface area contributed by atoms with Crippen molar-refractivity contribution in [3.8, 4) is 0 Å². The molecule has 1 aliphatic rings. The first kappa shape index (κ1) is 19.1. The molecule has 6 nitrogen and oxygen atoms in total. The van der Waals surface area contributed by atoms with E-state index < -0.39 is 5.97 Å². The highest BCUT2D eigenvalue weighted by molar-refractivity contribution is 7.16. The van der Waals surface area contributed by atoms with E-state index in [1.54, 1.807) is 12.1 Å². The van der Waals surface area contributed by atoms with Crippen LogP contribution in [0.2, 0.25) is 0 Å². The van der Waals surface area contributed by atoms with E-state index in [9.17, 15) is 19.5 Å². The second kappa shape index (κ2) is 7.92. The van der Waals surface area contributed by atoms with Gasteiger partial charge in [-0.15, -0.1) is 11.3 Å². The Kier molecular flexibility index (Phi) is 5.60. The van der Waals surface area contributed by atoms with E-state index in [1.165, 1.54) is 11.3 Å². The second-order valence-electron chi connectivity index (χ2n) is 6.57. The molecule has 0 saturated carbocycles. The maximum atomic E-state index is 12.5. The van der Waals surface area contributed by atoms with Crippen molar-refractivity contribution in [2.75, 3.05) is 11.9 Å². The highest BCUT2D eigenvalue weighted by atomic mass is 32.1. The highest BCUT2D eigenvalue weighted by Crippen LogP contribution is 2.33. The Morgan fingerprint density at radius 2 is 1.96 bits per heavy atom. The van der Waals surface area contributed by atoms with Crippen molar-refractivity contribution in [3.63, 3.8) is 0 Å². The average molecular weight is 386 g/mol. The number of aromatic carboxylic acids is 1. The molecule has 2 N–H and O–H groups in total. The number of nitrogens with zero attached hydrogens (tertiary/aromatic N) is 1. The SMILES string of the molecule is CCc1c(C)sc(NC(=O)c2ccc(CN3CCCC3=O)cc2)c1C(=O)O. The Bertz CT molecular complexity index is 886. The molecule has 7 heteroatoms. The molecule has 2 aromatic rings. The van der Waals surface area contributed by atoms with Gasteiger partial charge < -0.3 is 15.3 Å².